The van der Waals surface area contributed by atoms with Gasteiger partial charge in [0.05, 0.1) is 5.69 Å². The van der Waals surface area contributed by atoms with E-state index in [-0.39, 0.29) is 0 Å². The molecule has 0 aliphatic carbocycles. The first kappa shape index (κ1) is 14.6. The second kappa shape index (κ2) is 6.64. The molecule has 0 spiro atoms. The van der Waals surface area contributed by atoms with E-state index in [0.29, 0.717) is 4.90 Å². The van der Waals surface area contributed by atoms with E-state index in [4.69, 9.17) is 0 Å². The highest BCUT2D eigenvalue weighted by Gasteiger charge is 2.09. The van der Waals surface area contributed by atoms with Gasteiger partial charge in [0.2, 0.25) is 0 Å². The van der Waals surface area contributed by atoms with Gasteiger partial charge in [0.25, 0.3) is 0 Å². The van der Waals surface area contributed by atoms with Gasteiger partial charge < -0.3 is 9.12 Å². The highest BCUT2D eigenvalue weighted by molar-refractivity contribution is 7.90. The molecule has 2 aromatic carbocycles. The third kappa shape index (κ3) is 3.30. The average Bonchev–Trinajstić information content (AvgIpc) is 3.02. The summed E-state index contributed by atoms with van der Waals surface area (Å²) in [6.45, 7) is 2.00. The van der Waals surface area contributed by atoms with Crippen LogP contribution in [-0.2, 0) is 11.4 Å². The van der Waals surface area contributed by atoms with Gasteiger partial charge >= 0.3 is 0 Å². The molecule has 0 fully saturated rings. The van der Waals surface area contributed by atoms with E-state index in [1.54, 1.807) is 6.21 Å². The monoisotopic (exact) mass is 308 g/mol. The van der Waals surface area contributed by atoms with Crippen LogP contribution in [0.1, 0.15) is 11.3 Å². The zero-order valence-corrected chi connectivity index (χ0v) is 13.0. The van der Waals surface area contributed by atoms with Gasteiger partial charge in [-0.05, 0) is 43.3 Å². The summed E-state index contributed by atoms with van der Waals surface area (Å²) in [5.74, 6) is 0. The molecule has 3 aromatic rings. The van der Waals surface area contributed by atoms with Crippen LogP contribution in [0.2, 0.25) is 0 Å². The largest absolute Gasteiger partial charge is 0.586 e. The maximum Gasteiger partial charge on any atom is 0.182 e. The van der Waals surface area contributed by atoms with Crippen molar-refractivity contribution in [2.24, 2.45) is 4.40 Å². The van der Waals surface area contributed by atoms with Crippen LogP contribution in [0.3, 0.4) is 0 Å². The van der Waals surface area contributed by atoms with Crippen LogP contribution in [0.15, 0.2) is 82.2 Å². The molecule has 0 saturated carbocycles. The van der Waals surface area contributed by atoms with Crippen LogP contribution in [0.5, 0.6) is 0 Å². The summed E-state index contributed by atoms with van der Waals surface area (Å²) < 4.78 is 18.4. The fourth-order valence-corrected chi connectivity index (χ4v) is 2.83. The standard InChI is InChI=1S/C18H16N2OS/c1-15-9-11-18(12-10-15)22(21)19-14-17-8-5-13-20(17)16-6-3-2-4-7-16/h2-14H,1H3/b19-14+. The van der Waals surface area contributed by atoms with E-state index < -0.39 is 11.4 Å². The van der Waals surface area contributed by atoms with Crippen molar-refractivity contribution >= 4 is 17.6 Å². The third-order valence-electron chi connectivity index (χ3n) is 3.32. The summed E-state index contributed by atoms with van der Waals surface area (Å²) in [4.78, 5) is 0.708. The molecule has 1 atom stereocenters. The highest BCUT2D eigenvalue weighted by atomic mass is 32.2. The van der Waals surface area contributed by atoms with Crippen molar-refractivity contribution in [2.75, 3.05) is 0 Å². The Morgan fingerprint density at radius 3 is 2.41 bits per heavy atom. The predicted octanol–water partition coefficient (Wildman–Crippen LogP) is 3.93. The minimum Gasteiger partial charge on any atom is -0.586 e. The Labute approximate surface area is 133 Å². The number of aryl methyl sites for hydroxylation is 1. The van der Waals surface area contributed by atoms with Crippen LogP contribution in [0.25, 0.3) is 5.69 Å². The topological polar surface area (TPSA) is 40.4 Å². The van der Waals surface area contributed by atoms with Crippen molar-refractivity contribution < 1.29 is 4.55 Å². The molecule has 0 N–H and O–H groups in total. The van der Waals surface area contributed by atoms with E-state index in [9.17, 15) is 4.55 Å². The van der Waals surface area contributed by atoms with Crippen LogP contribution in [0.4, 0.5) is 0 Å². The van der Waals surface area contributed by atoms with Crippen molar-refractivity contribution in [2.45, 2.75) is 11.8 Å². The molecule has 4 heteroatoms. The second-order valence-electron chi connectivity index (χ2n) is 4.94. The van der Waals surface area contributed by atoms with Gasteiger partial charge in [0, 0.05) is 11.9 Å². The van der Waals surface area contributed by atoms with Crippen LogP contribution >= 0.6 is 0 Å². The average molecular weight is 308 g/mol. The van der Waals surface area contributed by atoms with E-state index in [1.165, 1.54) is 0 Å². The number of para-hydroxylation sites is 1. The molecular weight excluding hydrogens is 292 g/mol. The second-order valence-corrected chi connectivity index (χ2v) is 6.12. The zero-order valence-electron chi connectivity index (χ0n) is 12.2. The Bertz CT molecular complexity index is 763. The summed E-state index contributed by atoms with van der Waals surface area (Å²) in [5.41, 5.74) is 3.09. The number of benzene rings is 2. The lowest BCUT2D eigenvalue weighted by Crippen LogP contribution is -2.01. The fraction of sp³-hybridized carbons (Fsp3) is 0.0556. The molecule has 3 rings (SSSR count). The number of rotatable bonds is 4. The first-order valence-corrected chi connectivity index (χ1v) is 8.10. The van der Waals surface area contributed by atoms with Crippen LogP contribution < -0.4 is 0 Å². The molecule has 1 heterocycles. The summed E-state index contributed by atoms with van der Waals surface area (Å²) in [5, 5.41) is 0. The van der Waals surface area contributed by atoms with Gasteiger partial charge in [-0.3, -0.25) is 0 Å². The van der Waals surface area contributed by atoms with Crippen molar-refractivity contribution in [3.8, 4) is 5.69 Å². The summed E-state index contributed by atoms with van der Waals surface area (Å²) >= 11 is -1.38. The number of hydrogen-bond acceptors (Lipinski definition) is 2. The molecule has 0 aliphatic heterocycles. The summed E-state index contributed by atoms with van der Waals surface area (Å²) in [6, 6.07) is 21.5. The fourth-order valence-electron chi connectivity index (χ4n) is 2.14. The van der Waals surface area contributed by atoms with Gasteiger partial charge in [-0.1, -0.05) is 40.3 Å². The first-order chi connectivity index (χ1) is 10.7. The highest BCUT2D eigenvalue weighted by Crippen LogP contribution is 2.15. The van der Waals surface area contributed by atoms with Crippen molar-refractivity contribution in [3.63, 3.8) is 0 Å². The van der Waals surface area contributed by atoms with E-state index in [0.717, 1.165) is 16.9 Å². The Balaban J connectivity index is 1.82. The normalized spacial score (nSPS) is 12.6. The van der Waals surface area contributed by atoms with Crippen molar-refractivity contribution in [1.29, 1.82) is 0 Å². The van der Waals surface area contributed by atoms with E-state index >= 15 is 0 Å². The molecule has 1 unspecified atom stereocenters. The van der Waals surface area contributed by atoms with Gasteiger partial charge in [0.15, 0.2) is 4.90 Å². The Morgan fingerprint density at radius 2 is 1.68 bits per heavy atom. The molecule has 1 aromatic heterocycles. The third-order valence-corrected chi connectivity index (χ3v) is 4.29. The van der Waals surface area contributed by atoms with Crippen molar-refractivity contribution in [3.05, 3.63) is 84.2 Å². The maximum atomic E-state index is 12.2. The number of aromatic nitrogens is 1. The minimum atomic E-state index is -1.38. The molecule has 3 nitrogen and oxygen atoms in total. The Kier molecular flexibility index (Phi) is 4.42. The molecule has 110 valence electrons. The maximum absolute atomic E-state index is 12.2. The molecule has 0 saturated heterocycles. The molecule has 0 amide bonds. The van der Waals surface area contributed by atoms with E-state index in [1.807, 2.05) is 84.4 Å². The molecule has 0 bridgehead atoms. The van der Waals surface area contributed by atoms with Gasteiger partial charge in [-0.25, -0.2) is 0 Å². The SMILES string of the molecule is Cc1ccc([S+]([O-])/N=C/c2cccn2-c2ccccc2)cc1. The number of nitrogens with zero attached hydrogens (tertiary/aromatic N) is 2. The Morgan fingerprint density at radius 1 is 0.955 bits per heavy atom. The van der Waals surface area contributed by atoms with Crippen molar-refractivity contribution in [1.82, 2.24) is 4.57 Å². The Hall–Kier alpha value is -2.30. The molecular formula is C18H16N2OS. The van der Waals surface area contributed by atoms with Gasteiger partial charge in [-0.2, -0.15) is 0 Å². The molecule has 0 aliphatic rings. The lowest BCUT2D eigenvalue weighted by atomic mass is 10.2. The first-order valence-electron chi connectivity index (χ1n) is 6.99. The number of hydrogen-bond donors (Lipinski definition) is 0. The molecule has 22 heavy (non-hydrogen) atoms. The lowest BCUT2D eigenvalue weighted by Gasteiger charge is -2.06. The predicted molar refractivity (Wildman–Crippen MR) is 91.0 cm³/mol. The summed E-state index contributed by atoms with van der Waals surface area (Å²) in [7, 11) is 0. The smallest absolute Gasteiger partial charge is 0.182 e. The van der Waals surface area contributed by atoms with Crippen LogP contribution in [0, 0.1) is 6.92 Å². The summed E-state index contributed by atoms with van der Waals surface area (Å²) in [6.07, 6.45) is 3.62. The quantitative estimate of drug-likeness (QED) is 0.532. The van der Waals surface area contributed by atoms with Gasteiger partial charge in [0.1, 0.15) is 17.6 Å². The van der Waals surface area contributed by atoms with E-state index in [2.05, 4.69) is 4.40 Å². The lowest BCUT2D eigenvalue weighted by molar-refractivity contribution is 0.597. The minimum absolute atomic E-state index is 0.708. The molecule has 0 radical (unpaired) electrons. The van der Waals surface area contributed by atoms with Crippen LogP contribution in [-0.4, -0.2) is 15.3 Å². The zero-order chi connectivity index (χ0) is 15.4. The van der Waals surface area contributed by atoms with Gasteiger partial charge in [-0.15, -0.1) is 0 Å².